The first-order valence-electron chi connectivity index (χ1n) is 7.01. The lowest BCUT2D eigenvalue weighted by Gasteiger charge is -2.27. The summed E-state index contributed by atoms with van der Waals surface area (Å²) in [4.78, 5) is 0. The van der Waals surface area contributed by atoms with Gasteiger partial charge in [0.2, 0.25) is 0 Å². The molecule has 1 N–H and O–H groups in total. The molecule has 0 heterocycles. The first kappa shape index (κ1) is 11.8. The molecule has 0 radical (unpaired) electrons. The summed E-state index contributed by atoms with van der Waals surface area (Å²) in [5.41, 5.74) is 3.20. The Morgan fingerprint density at radius 3 is 3.11 bits per heavy atom. The maximum absolute atomic E-state index is 7.45. The van der Waals surface area contributed by atoms with Crippen molar-refractivity contribution in [2.24, 2.45) is 17.8 Å². The highest BCUT2D eigenvalue weighted by Crippen LogP contribution is 2.50. The molecule has 3 rings (SSSR count). The molecule has 0 spiro atoms. The van der Waals surface area contributed by atoms with Crippen LogP contribution in [0.2, 0.25) is 0 Å². The minimum absolute atomic E-state index is 0.333. The quantitative estimate of drug-likeness (QED) is 0.446. The van der Waals surface area contributed by atoms with Crippen LogP contribution in [0, 0.1) is 23.2 Å². The van der Waals surface area contributed by atoms with E-state index in [1.807, 2.05) is 0 Å². The number of ether oxygens (including phenoxy) is 1. The van der Waals surface area contributed by atoms with E-state index in [2.05, 4.69) is 24.3 Å². The minimum Gasteiger partial charge on any atom is -0.481 e. The van der Waals surface area contributed by atoms with Crippen LogP contribution < -0.4 is 0 Å². The monoisotopic (exact) mass is 243 g/mol. The summed E-state index contributed by atoms with van der Waals surface area (Å²) in [5.74, 6) is 2.17. The van der Waals surface area contributed by atoms with E-state index in [0.29, 0.717) is 24.3 Å². The number of nitrogens with one attached hydrogen (secondary N) is 1. The molecule has 0 saturated heterocycles. The largest absolute Gasteiger partial charge is 0.481 e. The first-order chi connectivity index (χ1) is 8.77. The van der Waals surface area contributed by atoms with Gasteiger partial charge in [-0.15, -0.1) is 0 Å². The van der Waals surface area contributed by atoms with Crippen LogP contribution in [-0.4, -0.2) is 12.5 Å². The van der Waals surface area contributed by atoms with E-state index in [4.69, 9.17) is 10.1 Å². The van der Waals surface area contributed by atoms with Crippen molar-refractivity contribution in [1.29, 1.82) is 5.41 Å². The van der Waals surface area contributed by atoms with Crippen LogP contribution in [0.5, 0.6) is 0 Å². The van der Waals surface area contributed by atoms with Crippen LogP contribution in [0.3, 0.4) is 0 Å². The van der Waals surface area contributed by atoms with Crippen LogP contribution >= 0.6 is 0 Å². The summed E-state index contributed by atoms with van der Waals surface area (Å²) in [6.45, 7) is 2.39. The van der Waals surface area contributed by atoms with Crippen molar-refractivity contribution < 1.29 is 4.74 Å². The molecule has 1 unspecified atom stereocenters. The van der Waals surface area contributed by atoms with Gasteiger partial charge in [0.25, 0.3) is 0 Å². The molecule has 2 heteroatoms. The van der Waals surface area contributed by atoms with Gasteiger partial charge in [0.15, 0.2) is 5.90 Å². The molecule has 0 aromatic heterocycles. The van der Waals surface area contributed by atoms with Crippen molar-refractivity contribution >= 4 is 5.90 Å². The Morgan fingerprint density at radius 2 is 2.28 bits per heavy atom. The Balaban J connectivity index is 1.87. The maximum Gasteiger partial charge on any atom is 0.177 e. The number of hydrogen-bond acceptors (Lipinski definition) is 2. The Morgan fingerprint density at radius 1 is 1.39 bits per heavy atom. The highest BCUT2D eigenvalue weighted by atomic mass is 16.5. The van der Waals surface area contributed by atoms with Crippen molar-refractivity contribution in [3.63, 3.8) is 0 Å². The van der Waals surface area contributed by atoms with Crippen molar-refractivity contribution in [1.82, 2.24) is 0 Å². The lowest BCUT2D eigenvalue weighted by atomic mass is 9.79. The van der Waals surface area contributed by atoms with Gasteiger partial charge >= 0.3 is 0 Å². The first-order valence-corrected chi connectivity index (χ1v) is 7.01. The molecule has 0 amide bonds. The Hall–Kier alpha value is -1.31. The topological polar surface area (TPSA) is 33.1 Å². The van der Waals surface area contributed by atoms with Crippen molar-refractivity contribution in [2.45, 2.75) is 32.6 Å². The maximum atomic E-state index is 7.45. The van der Waals surface area contributed by atoms with E-state index in [0.717, 1.165) is 5.92 Å². The molecule has 18 heavy (non-hydrogen) atoms. The molecule has 0 aromatic carbocycles. The third kappa shape index (κ3) is 1.94. The number of fused-ring (bicyclic) bond motifs is 2. The van der Waals surface area contributed by atoms with Gasteiger partial charge in [-0.2, -0.15) is 0 Å². The second-order valence-corrected chi connectivity index (χ2v) is 5.58. The molecular weight excluding hydrogens is 222 g/mol. The fraction of sp³-hybridized carbons (Fsp3) is 0.562. The van der Waals surface area contributed by atoms with Crippen molar-refractivity contribution in [3.8, 4) is 0 Å². The van der Waals surface area contributed by atoms with Crippen molar-refractivity contribution in [2.75, 3.05) is 6.61 Å². The van der Waals surface area contributed by atoms with E-state index >= 15 is 0 Å². The van der Waals surface area contributed by atoms with Gasteiger partial charge < -0.3 is 4.74 Å². The zero-order valence-corrected chi connectivity index (χ0v) is 11.0. The van der Waals surface area contributed by atoms with E-state index < -0.39 is 0 Å². The second kappa shape index (κ2) is 4.75. The summed E-state index contributed by atoms with van der Waals surface area (Å²) in [6.07, 6.45) is 14.3. The zero-order valence-electron chi connectivity index (χ0n) is 11.0. The average Bonchev–Trinajstić information content (AvgIpc) is 2.71. The number of allylic oxidation sites excluding steroid dienone is 5. The third-order valence-electron chi connectivity index (χ3n) is 4.51. The fourth-order valence-corrected chi connectivity index (χ4v) is 3.76. The van der Waals surface area contributed by atoms with E-state index in [1.54, 1.807) is 12.5 Å². The smallest absolute Gasteiger partial charge is 0.177 e. The van der Waals surface area contributed by atoms with Crippen LogP contribution in [0.4, 0.5) is 0 Å². The van der Waals surface area contributed by atoms with Gasteiger partial charge in [0.05, 0.1) is 6.61 Å². The molecule has 3 atom stereocenters. The van der Waals surface area contributed by atoms with Gasteiger partial charge in [0.1, 0.15) is 0 Å². The van der Waals surface area contributed by atoms with Gasteiger partial charge in [-0.05, 0) is 43.1 Å². The molecule has 96 valence electrons. The lowest BCUT2D eigenvalue weighted by Crippen LogP contribution is -2.23. The average molecular weight is 243 g/mol. The molecular formula is C16H21NO. The molecule has 0 fully saturated rings. The van der Waals surface area contributed by atoms with E-state index in [-0.39, 0.29) is 0 Å². The third-order valence-corrected chi connectivity index (χ3v) is 4.51. The summed E-state index contributed by atoms with van der Waals surface area (Å²) in [7, 11) is 0. The molecule has 3 aliphatic rings. The van der Waals surface area contributed by atoms with Gasteiger partial charge in [-0.25, -0.2) is 0 Å². The van der Waals surface area contributed by atoms with Crippen LogP contribution in [-0.2, 0) is 4.74 Å². The molecule has 0 aliphatic heterocycles. The summed E-state index contributed by atoms with van der Waals surface area (Å²) < 4.78 is 5.51. The fourth-order valence-electron chi connectivity index (χ4n) is 3.76. The van der Waals surface area contributed by atoms with Gasteiger partial charge in [-0.1, -0.05) is 29.9 Å². The highest BCUT2D eigenvalue weighted by molar-refractivity contribution is 5.69. The minimum atomic E-state index is 0.333. The summed E-state index contributed by atoms with van der Waals surface area (Å²) in [5, 5.41) is 7.45. The van der Waals surface area contributed by atoms with E-state index in [1.165, 1.54) is 31.3 Å². The Kier molecular flexibility index (Phi) is 3.11. The molecule has 0 saturated carbocycles. The predicted molar refractivity (Wildman–Crippen MR) is 73.6 cm³/mol. The predicted octanol–water partition coefficient (Wildman–Crippen LogP) is 3.86. The van der Waals surface area contributed by atoms with Crippen LogP contribution in [0.25, 0.3) is 0 Å². The molecule has 0 aromatic rings. The van der Waals surface area contributed by atoms with E-state index in [9.17, 15) is 0 Å². The number of hydrogen-bond donors (Lipinski definition) is 1. The standard InChI is InChI=1S/C16H21NO/c1-11(17)18-10-16-14-8-4-2-6-12(14)13-7-3-5-9-15(13)16/h4-5,8-9,12,14,16-17H,2-3,6-7,10H2,1H3/t12?,14-,16-/m0/s1. The molecule has 0 bridgehead atoms. The normalized spacial score (nSPS) is 33.3. The van der Waals surface area contributed by atoms with Gasteiger partial charge in [-0.3, -0.25) is 5.41 Å². The van der Waals surface area contributed by atoms with Crippen LogP contribution in [0.15, 0.2) is 35.5 Å². The van der Waals surface area contributed by atoms with Crippen LogP contribution in [0.1, 0.15) is 32.6 Å². The lowest BCUT2D eigenvalue weighted by molar-refractivity contribution is 0.214. The van der Waals surface area contributed by atoms with Gasteiger partial charge in [0, 0.05) is 12.8 Å². The Labute approximate surface area is 109 Å². The Bertz CT molecular complexity index is 444. The molecule has 3 aliphatic carbocycles. The summed E-state index contributed by atoms with van der Waals surface area (Å²) in [6, 6.07) is 0. The summed E-state index contributed by atoms with van der Waals surface area (Å²) >= 11 is 0. The second-order valence-electron chi connectivity index (χ2n) is 5.58. The SMILES string of the molecule is CC(=N)OC[C@@H]1C2=C(CCC=C2)C2CCC=C[C@@H]21. The number of rotatable bonds is 2. The molecule has 2 nitrogen and oxygen atoms in total. The zero-order chi connectivity index (χ0) is 12.5. The van der Waals surface area contributed by atoms with Crippen molar-refractivity contribution in [3.05, 3.63) is 35.5 Å². The highest BCUT2D eigenvalue weighted by Gasteiger charge is 2.41.